The highest BCUT2D eigenvalue weighted by Gasteiger charge is 2.45. The third kappa shape index (κ3) is 2.03. The molecule has 0 amide bonds. The molecule has 2 atom stereocenters. The van der Waals surface area contributed by atoms with Crippen LogP contribution in [0.25, 0.3) is 0 Å². The van der Waals surface area contributed by atoms with Crippen molar-refractivity contribution in [2.45, 2.75) is 51.6 Å². The molecule has 0 radical (unpaired) electrons. The van der Waals surface area contributed by atoms with Crippen LogP contribution in [0.15, 0.2) is 6.33 Å². The Morgan fingerprint density at radius 3 is 2.89 bits per heavy atom. The maximum atomic E-state index is 11.5. The van der Waals surface area contributed by atoms with Crippen LogP contribution < -0.4 is 5.32 Å². The topological polar surface area (TPSA) is 67.2 Å². The summed E-state index contributed by atoms with van der Waals surface area (Å²) in [5, 5.41) is 12.6. The smallest absolute Gasteiger partial charge is 0.323 e. The molecule has 1 aliphatic rings. The minimum Gasteiger partial charge on any atom is -0.480 e. The van der Waals surface area contributed by atoms with Gasteiger partial charge in [0.15, 0.2) is 0 Å². The molecule has 1 heterocycles. The van der Waals surface area contributed by atoms with Crippen LogP contribution in [0.1, 0.15) is 43.6 Å². The van der Waals surface area contributed by atoms with Crippen molar-refractivity contribution in [3.8, 4) is 0 Å². The van der Waals surface area contributed by atoms with E-state index >= 15 is 0 Å². The minimum atomic E-state index is -0.760. The van der Waals surface area contributed by atoms with E-state index in [1.54, 1.807) is 0 Å². The maximum Gasteiger partial charge on any atom is 0.323 e. The van der Waals surface area contributed by atoms with Gasteiger partial charge in [0.25, 0.3) is 0 Å². The van der Waals surface area contributed by atoms with Gasteiger partial charge in [-0.1, -0.05) is 6.92 Å². The zero-order valence-electron chi connectivity index (χ0n) is 11.2. The minimum absolute atomic E-state index is 0.237. The van der Waals surface area contributed by atoms with E-state index in [1.807, 2.05) is 27.1 Å². The molecule has 0 spiro atoms. The van der Waals surface area contributed by atoms with Gasteiger partial charge >= 0.3 is 5.97 Å². The van der Waals surface area contributed by atoms with E-state index in [9.17, 15) is 9.90 Å². The fourth-order valence-electron chi connectivity index (χ4n) is 2.91. The third-order valence-electron chi connectivity index (χ3n) is 4.09. The molecule has 2 unspecified atom stereocenters. The van der Waals surface area contributed by atoms with Crippen LogP contribution in [0.2, 0.25) is 0 Å². The Hall–Kier alpha value is -1.36. The number of carboxylic acid groups (broad SMARTS) is 1. The number of aliphatic carboxylic acids is 1. The molecule has 0 bridgehead atoms. The van der Waals surface area contributed by atoms with E-state index in [1.165, 1.54) is 0 Å². The predicted molar refractivity (Wildman–Crippen MR) is 68.6 cm³/mol. The maximum absolute atomic E-state index is 11.5. The number of rotatable bonds is 4. The highest BCUT2D eigenvalue weighted by atomic mass is 16.4. The quantitative estimate of drug-likeness (QED) is 0.854. The van der Waals surface area contributed by atoms with Crippen molar-refractivity contribution < 1.29 is 9.90 Å². The Bertz CT molecular complexity index is 455. The van der Waals surface area contributed by atoms with Crippen molar-refractivity contribution in [1.82, 2.24) is 14.9 Å². The van der Waals surface area contributed by atoms with Crippen molar-refractivity contribution in [2.24, 2.45) is 0 Å². The fraction of sp³-hybridized carbons (Fsp3) is 0.692. The van der Waals surface area contributed by atoms with Gasteiger partial charge in [0.2, 0.25) is 0 Å². The van der Waals surface area contributed by atoms with Crippen LogP contribution in [0.3, 0.4) is 0 Å². The van der Waals surface area contributed by atoms with E-state index in [0.717, 1.165) is 17.8 Å². The van der Waals surface area contributed by atoms with Crippen LogP contribution >= 0.6 is 0 Å². The summed E-state index contributed by atoms with van der Waals surface area (Å²) in [7, 11) is 0. The number of hydrogen-bond acceptors (Lipinski definition) is 3. The second kappa shape index (κ2) is 4.72. The number of imidazole rings is 1. The second-order valence-corrected chi connectivity index (χ2v) is 5.14. The lowest BCUT2D eigenvalue weighted by Crippen LogP contribution is -2.50. The number of likely N-dealkylation sites (N-methyl/N-ethyl adjacent to an activating group) is 1. The molecule has 1 fully saturated rings. The largest absolute Gasteiger partial charge is 0.480 e. The first-order valence-electron chi connectivity index (χ1n) is 6.48. The van der Waals surface area contributed by atoms with Crippen LogP contribution in [0, 0.1) is 13.8 Å². The summed E-state index contributed by atoms with van der Waals surface area (Å²) in [6.45, 7) is 6.65. The number of aromatic nitrogens is 2. The molecule has 1 saturated carbocycles. The molecule has 2 rings (SSSR count). The number of aryl methyl sites for hydroxylation is 1. The van der Waals surface area contributed by atoms with E-state index in [2.05, 4.69) is 14.9 Å². The second-order valence-electron chi connectivity index (χ2n) is 5.14. The van der Waals surface area contributed by atoms with Crippen LogP contribution in [-0.4, -0.2) is 32.7 Å². The van der Waals surface area contributed by atoms with Crippen molar-refractivity contribution >= 4 is 5.97 Å². The molecule has 18 heavy (non-hydrogen) atoms. The lowest BCUT2D eigenvalue weighted by atomic mass is 9.97. The highest BCUT2D eigenvalue weighted by molar-refractivity contribution is 5.79. The van der Waals surface area contributed by atoms with Crippen LogP contribution in [0.4, 0.5) is 0 Å². The molecule has 0 aromatic carbocycles. The molecular weight excluding hydrogens is 230 g/mol. The third-order valence-corrected chi connectivity index (χ3v) is 4.09. The fourth-order valence-corrected chi connectivity index (χ4v) is 2.91. The average Bonchev–Trinajstić information content (AvgIpc) is 2.87. The monoisotopic (exact) mass is 251 g/mol. The van der Waals surface area contributed by atoms with E-state index in [-0.39, 0.29) is 6.04 Å². The van der Waals surface area contributed by atoms with Crippen molar-refractivity contribution in [2.75, 3.05) is 6.54 Å². The molecule has 0 aliphatic heterocycles. The zero-order valence-corrected chi connectivity index (χ0v) is 11.2. The summed E-state index contributed by atoms with van der Waals surface area (Å²) in [5.74, 6) is -0.735. The van der Waals surface area contributed by atoms with Crippen molar-refractivity contribution in [1.29, 1.82) is 0 Å². The van der Waals surface area contributed by atoms with Crippen molar-refractivity contribution in [3.63, 3.8) is 0 Å². The lowest BCUT2D eigenvalue weighted by molar-refractivity contribution is -0.144. The Balaban J connectivity index is 2.21. The number of carbonyl (C=O) groups is 1. The Morgan fingerprint density at radius 1 is 1.67 bits per heavy atom. The predicted octanol–water partition coefficient (Wildman–Crippen LogP) is 1.66. The molecule has 1 aliphatic carbocycles. The van der Waals surface area contributed by atoms with Gasteiger partial charge in [0, 0.05) is 11.7 Å². The van der Waals surface area contributed by atoms with Gasteiger partial charge in [-0.2, -0.15) is 0 Å². The van der Waals surface area contributed by atoms with Crippen LogP contribution in [-0.2, 0) is 4.79 Å². The van der Waals surface area contributed by atoms with Crippen molar-refractivity contribution in [3.05, 3.63) is 17.7 Å². The summed E-state index contributed by atoms with van der Waals surface area (Å²) in [4.78, 5) is 15.8. The van der Waals surface area contributed by atoms with Gasteiger partial charge < -0.3 is 15.0 Å². The van der Waals surface area contributed by atoms with E-state index in [4.69, 9.17) is 0 Å². The SMILES string of the molecule is CCNC1(C(=O)O)CCC(n2cnc(C)c2C)C1. The molecule has 0 saturated heterocycles. The molecule has 5 nitrogen and oxygen atoms in total. The highest BCUT2D eigenvalue weighted by Crippen LogP contribution is 2.38. The zero-order chi connectivity index (χ0) is 13.3. The molecule has 5 heteroatoms. The number of nitrogens with zero attached hydrogens (tertiary/aromatic N) is 2. The first-order chi connectivity index (χ1) is 8.50. The molecule has 100 valence electrons. The number of nitrogens with one attached hydrogen (secondary N) is 1. The Kier molecular flexibility index (Phi) is 3.43. The van der Waals surface area contributed by atoms with E-state index < -0.39 is 11.5 Å². The number of hydrogen-bond donors (Lipinski definition) is 2. The Morgan fingerprint density at radius 2 is 2.39 bits per heavy atom. The molecule has 1 aromatic rings. The average molecular weight is 251 g/mol. The van der Waals surface area contributed by atoms with Gasteiger partial charge in [-0.3, -0.25) is 4.79 Å². The summed E-state index contributed by atoms with van der Waals surface area (Å²) >= 11 is 0. The normalized spacial score (nSPS) is 27.6. The summed E-state index contributed by atoms with van der Waals surface area (Å²) in [5.41, 5.74) is 1.40. The Labute approximate surface area is 107 Å². The van der Waals surface area contributed by atoms with Gasteiger partial charge in [0.05, 0.1) is 12.0 Å². The summed E-state index contributed by atoms with van der Waals surface area (Å²) in [6, 6.07) is 0.237. The van der Waals surface area contributed by atoms with Crippen LogP contribution in [0.5, 0.6) is 0 Å². The van der Waals surface area contributed by atoms with Gasteiger partial charge in [-0.05, 0) is 39.7 Å². The molecule has 1 aromatic heterocycles. The van der Waals surface area contributed by atoms with E-state index in [0.29, 0.717) is 19.4 Å². The first-order valence-corrected chi connectivity index (χ1v) is 6.48. The molecule has 2 N–H and O–H groups in total. The van der Waals surface area contributed by atoms with Gasteiger partial charge in [-0.25, -0.2) is 4.98 Å². The first kappa shape index (κ1) is 13.1. The summed E-state index contributed by atoms with van der Waals surface area (Å²) < 4.78 is 2.12. The summed E-state index contributed by atoms with van der Waals surface area (Å²) in [6.07, 6.45) is 4.03. The van der Waals surface area contributed by atoms with Gasteiger partial charge in [-0.15, -0.1) is 0 Å². The van der Waals surface area contributed by atoms with Gasteiger partial charge in [0.1, 0.15) is 5.54 Å². The lowest BCUT2D eigenvalue weighted by Gasteiger charge is -2.25. The molecular formula is C13H21N3O2. The number of carboxylic acids is 1. The standard InChI is InChI=1S/C13H21N3O2/c1-4-15-13(12(17)18)6-5-11(7-13)16-8-14-9(2)10(16)3/h8,11,15H,4-7H2,1-3H3,(H,17,18).